The third-order valence-electron chi connectivity index (χ3n) is 5.92. The van der Waals surface area contributed by atoms with Crippen LogP contribution in [0.15, 0.2) is 96.5 Å². The van der Waals surface area contributed by atoms with E-state index in [2.05, 4.69) is 41.8 Å². The summed E-state index contributed by atoms with van der Waals surface area (Å²) in [4.78, 5) is 9.86. The molecule has 4 nitrogen and oxygen atoms in total. The second-order valence-corrected chi connectivity index (χ2v) is 9.02. The van der Waals surface area contributed by atoms with Crippen LogP contribution < -0.4 is 0 Å². The van der Waals surface area contributed by atoms with E-state index in [0.29, 0.717) is 24.2 Å². The highest BCUT2D eigenvalue weighted by molar-refractivity contribution is 7.17. The maximum absolute atomic E-state index is 11.2. The summed E-state index contributed by atoms with van der Waals surface area (Å²) in [7, 11) is 0. The maximum Gasteiger partial charge on any atom is 0.219 e. The molecule has 33 heavy (non-hydrogen) atoms. The lowest BCUT2D eigenvalue weighted by Gasteiger charge is -2.08. The molecule has 0 saturated carbocycles. The first-order valence-electron chi connectivity index (χ1n) is 10.9. The Kier molecular flexibility index (Phi) is 4.89. The molecule has 3 aromatic carbocycles. The first-order chi connectivity index (χ1) is 16.3. The van der Waals surface area contributed by atoms with E-state index in [0.717, 1.165) is 22.5 Å². The van der Waals surface area contributed by atoms with Gasteiger partial charge >= 0.3 is 0 Å². The Bertz CT molecular complexity index is 1570. The zero-order chi connectivity index (χ0) is 22.2. The number of imidazole rings is 1. The number of nitrogens with zero attached hydrogens (tertiary/aromatic N) is 3. The minimum atomic E-state index is 0.175. The van der Waals surface area contributed by atoms with Crippen LogP contribution in [0.2, 0.25) is 0 Å². The van der Waals surface area contributed by atoms with Crippen molar-refractivity contribution in [2.75, 3.05) is 0 Å². The van der Waals surface area contributed by atoms with Crippen LogP contribution in [0.3, 0.4) is 0 Å². The zero-order valence-electron chi connectivity index (χ0n) is 17.8. The molecule has 3 heterocycles. The highest BCUT2D eigenvalue weighted by Gasteiger charge is 2.19. The molecule has 0 bridgehead atoms. The van der Waals surface area contributed by atoms with Crippen molar-refractivity contribution in [2.45, 2.75) is 12.8 Å². The third-order valence-corrected chi connectivity index (χ3v) is 6.94. The molecule has 1 N–H and O–H groups in total. The molecule has 0 aliphatic heterocycles. The molecule has 0 unspecified atom stereocenters. The number of aromatic hydroxyl groups is 1. The molecule has 6 aromatic rings. The van der Waals surface area contributed by atoms with Crippen LogP contribution in [0.25, 0.3) is 27.0 Å². The average Bonchev–Trinajstić information content (AvgIpc) is 3.42. The summed E-state index contributed by atoms with van der Waals surface area (Å²) in [6.45, 7) is 0. The first kappa shape index (κ1) is 19.7. The molecule has 0 atom stereocenters. The quantitative estimate of drug-likeness (QED) is 0.328. The van der Waals surface area contributed by atoms with Crippen LogP contribution in [0.4, 0.5) is 0 Å². The highest BCUT2D eigenvalue weighted by Crippen LogP contribution is 2.32. The molecule has 160 valence electrons. The number of benzene rings is 3. The van der Waals surface area contributed by atoms with Gasteiger partial charge in [-0.2, -0.15) is 0 Å². The molecule has 0 aliphatic carbocycles. The van der Waals surface area contributed by atoms with Gasteiger partial charge in [0.25, 0.3) is 0 Å². The molecule has 5 heteroatoms. The van der Waals surface area contributed by atoms with Gasteiger partial charge < -0.3 is 5.11 Å². The summed E-state index contributed by atoms with van der Waals surface area (Å²) >= 11 is 1.72. The molecule has 0 saturated heterocycles. The summed E-state index contributed by atoms with van der Waals surface area (Å²) in [5, 5.41) is 14.6. The number of hydrogen-bond acceptors (Lipinski definition) is 4. The van der Waals surface area contributed by atoms with Gasteiger partial charge in [0.1, 0.15) is 5.69 Å². The van der Waals surface area contributed by atoms with Crippen molar-refractivity contribution in [3.63, 3.8) is 0 Å². The molecule has 0 radical (unpaired) electrons. The largest absolute Gasteiger partial charge is 0.493 e. The molecular weight excluding hydrogens is 426 g/mol. The number of rotatable bonds is 5. The van der Waals surface area contributed by atoms with Crippen molar-refractivity contribution in [1.29, 1.82) is 0 Å². The molecule has 0 aliphatic rings. The second kappa shape index (κ2) is 8.19. The second-order valence-electron chi connectivity index (χ2n) is 8.11. The van der Waals surface area contributed by atoms with Gasteiger partial charge in [0.2, 0.25) is 5.88 Å². The van der Waals surface area contributed by atoms with Crippen LogP contribution in [-0.4, -0.2) is 19.5 Å². The van der Waals surface area contributed by atoms with E-state index in [1.807, 2.05) is 54.7 Å². The smallest absolute Gasteiger partial charge is 0.219 e. The predicted molar refractivity (Wildman–Crippen MR) is 134 cm³/mol. The van der Waals surface area contributed by atoms with Gasteiger partial charge in [-0.1, -0.05) is 78.9 Å². The van der Waals surface area contributed by atoms with Crippen LogP contribution in [0, 0.1) is 0 Å². The standard InChI is InChI=1S/C28H21N3OS/c32-28-24(16-21-18-33-26-14-8-7-13-22(21)26)30-27-23(15-19-9-3-1-4-10-19)29-25(17-31(27)28)20-11-5-2-6-12-20/h1-14,17-18,32H,15-16H2. The zero-order valence-corrected chi connectivity index (χ0v) is 18.7. The van der Waals surface area contributed by atoms with Crippen molar-refractivity contribution in [3.8, 4) is 17.1 Å². The fourth-order valence-corrected chi connectivity index (χ4v) is 5.23. The van der Waals surface area contributed by atoms with Crippen molar-refractivity contribution in [2.24, 2.45) is 0 Å². The van der Waals surface area contributed by atoms with Gasteiger partial charge in [0, 0.05) is 29.3 Å². The summed E-state index contributed by atoms with van der Waals surface area (Å²) in [6.07, 6.45) is 3.10. The molecule has 3 aromatic heterocycles. The van der Waals surface area contributed by atoms with E-state index >= 15 is 0 Å². The number of thiophene rings is 1. The Hall–Kier alpha value is -3.96. The lowest BCUT2D eigenvalue weighted by atomic mass is 10.1. The Balaban J connectivity index is 1.50. The molecular formula is C28H21N3OS. The Morgan fingerprint density at radius 1 is 0.758 bits per heavy atom. The van der Waals surface area contributed by atoms with Crippen LogP contribution in [0.5, 0.6) is 5.88 Å². The molecule has 0 spiro atoms. The highest BCUT2D eigenvalue weighted by atomic mass is 32.1. The topological polar surface area (TPSA) is 50.4 Å². The van der Waals surface area contributed by atoms with Gasteiger partial charge in [-0.3, -0.25) is 4.40 Å². The fraction of sp³-hybridized carbons (Fsp3) is 0.0714. The minimum absolute atomic E-state index is 0.175. The van der Waals surface area contributed by atoms with Crippen LogP contribution >= 0.6 is 11.3 Å². The van der Waals surface area contributed by atoms with Crippen LogP contribution in [-0.2, 0) is 12.8 Å². The summed E-state index contributed by atoms with van der Waals surface area (Å²) in [5.74, 6) is 0.175. The number of fused-ring (bicyclic) bond motifs is 2. The van der Waals surface area contributed by atoms with E-state index < -0.39 is 0 Å². The van der Waals surface area contributed by atoms with Gasteiger partial charge in [-0.15, -0.1) is 11.3 Å². The monoisotopic (exact) mass is 447 g/mol. The van der Waals surface area contributed by atoms with Gasteiger partial charge in [0.05, 0.1) is 11.4 Å². The van der Waals surface area contributed by atoms with Crippen molar-refractivity contribution in [1.82, 2.24) is 14.4 Å². The van der Waals surface area contributed by atoms with Gasteiger partial charge in [-0.25, -0.2) is 9.97 Å². The minimum Gasteiger partial charge on any atom is -0.493 e. The lowest BCUT2D eigenvalue weighted by Crippen LogP contribution is -2.00. The normalized spacial score (nSPS) is 11.4. The third kappa shape index (κ3) is 3.66. The van der Waals surface area contributed by atoms with E-state index in [9.17, 15) is 5.11 Å². The first-order valence-corrected chi connectivity index (χ1v) is 11.8. The number of aromatic nitrogens is 3. The molecule has 0 amide bonds. The molecule has 0 fully saturated rings. The Labute approximate surface area is 195 Å². The molecule has 6 rings (SSSR count). The maximum atomic E-state index is 11.2. The van der Waals surface area contributed by atoms with E-state index in [4.69, 9.17) is 9.97 Å². The van der Waals surface area contributed by atoms with E-state index in [-0.39, 0.29) is 5.88 Å². The number of hydrogen-bond donors (Lipinski definition) is 1. The van der Waals surface area contributed by atoms with E-state index in [1.165, 1.54) is 15.6 Å². The fourth-order valence-electron chi connectivity index (χ4n) is 4.27. The Morgan fingerprint density at radius 3 is 2.30 bits per heavy atom. The lowest BCUT2D eigenvalue weighted by molar-refractivity contribution is 0.442. The average molecular weight is 448 g/mol. The van der Waals surface area contributed by atoms with Crippen LogP contribution in [0.1, 0.15) is 22.5 Å². The SMILES string of the molecule is Oc1c(Cc2csc3ccccc23)nc2c(Cc3ccccc3)nc(-c3ccccc3)cn12. The summed E-state index contributed by atoms with van der Waals surface area (Å²) < 4.78 is 3.03. The van der Waals surface area contributed by atoms with Crippen molar-refractivity contribution >= 4 is 27.1 Å². The Morgan fingerprint density at radius 2 is 1.48 bits per heavy atom. The van der Waals surface area contributed by atoms with E-state index in [1.54, 1.807) is 15.7 Å². The summed E-state index contributed by atoms with van der Waals surface area (Å²) in [5.41, 5.74) is 6.37. The predicted octanol–water partition coefficient (Wildman–Crippen LogP) is 6.50. The van der Waals surface area contributed by atoms with Crippen molar-refractivity contribution < 1.29 is 5.11 Å². The van der Waals surface area contributed by atoms with Gasteiger partial charge in [-0.05, 0) is 28.0 Å². The van der Waals surface area contributed by atoms with Gasteiger partial charge in [0.15, 0.2) is 5.65 Å². The summed E-state index contributed by atoms with van der Waals surface area (Å²) in [6, 6.07) is 28.7. The van der Waals surface area contributed by atoms with Crippen molar-refractivity contribution in [3.05, 3.63) is 119 Å².